The largest absolute Gasteiger partial charge is 0.323 e. The van der Waals surface area contributed by atoms with E-state index >= 15 is 0 Å². The predicted molar refractivity (Wildman–Crippen MR) is 91.0 cm³/mol. The fraction of sp³-hybridized carbons (Fsp3) is 0.250. The molecule has 21 heavy (non-hydrogen) atoms. The summed E-state index contributed by atoms with van der Waals surface area (Å²) in [5.74, 6) is 0. The van der Waals surface area contributed by atoms with Crippen LogP contribution < -0.4 is 5.56 Å². The van der Waals surface area contributed by atoms with Gasteiger partial charge in [-0.2, -0.15) is 0 Å². The van der Waals surface area contributed by atoms with Gasteiger partial charge in [0.15, 0.2) is 4.77 Å². The van der Waals surface area contributed by atoms with Gasteiger partial charge in [0.1, 0.15) is 4.83 Å². The van der Waals surface area contributed by atoms with Crippen LogP contribution in [-0.2, 0) is 6.54 Å². The maximum Gasteiger partial charge on any atom is 0.263 e. The van der Waals surface area contributed by atoms with E-state index in [0.717, 1.165) is 26.2 Å². The number of fused-ring (bicyclic) bond motifs is 1. The van der Waals surface area contributed by atoms with E-state index in [1.54, 1.807) is 15.9 Å². The molecule has 0 aliphatic carbocycles. The minimum atomic E-state index is -0.00268. The average Bonchev–Trinajstić information content (AvgIpc) is 2.70. The van der Waals surface area contributed by atoms with Gasteiger partial charge in [0, 0.05) is 4.88 Å². The van der Waals surface area contributed by atoms with Crippen molar-refractivity contribution in [2.75, 3.05) is 0 Å². The molecule has 1 aromatic carbocycles. The Labute approximate surface area is 131 Å². The van der Waals surface area contributed by atoms with E-state index in [2.05, 4.69) is 11.1 Å². The number of aromatic amines is 1. The molecule has 0 saturated carbocycles. The Hall–Kier alpha value is -1.72. The molecule has 0 aliphatic heterocycles. The number of aromatic nitrogens is 2. The SMILES string of the molecule is Cc1cccc(Cn2c(=S)[nH]c3sc(C)c(C)c3c2=O)c1. The van der Waals surface area contributed by atoms with Crippen molar-refractivity contribution in [1.29, 1.82) is 0 Å². The molecule has 3 nitrogen and oxygen atoms in total. The summed E-state index contributed by atoms with van der Waals surface area (Å²) in [6.07, 6.45) is 0. The lowest BCUT2D eigenvalue weighted by molar-refractivity contribution is 0.734. The molecular formula is C16H16N2OS2. The zero-order chi connectivity index (χ0) is 15.1. The highest BCUT2D eigenvalue weighted by atomic mass is 32.1. The summed E-state index contributed by atoms with van der Waals surface area (Å²) < 4.78 is 2.13. The maximum atomic E-state index is 12.8. The summed E-state index contributed by atoms with van der Waals surface area (Å²) in [7, 11) is 0. The van der Waals surface area contributed by atoms with Crippen LogP contribution in [0.3, 0.4) is 0 Å². The van der Waals surface area contributed by atoms with Crippen molar-refractivity contribution in [1.82, 2.24) is 9.55 Å². The van der Waals surface area contributed by atoms with Gasteiger partial charge in [-0.1, -0.05) is 29.8 Å². The average molecular weight is 316 g/mol. The quantitative estimate of drug-likeness (QED) is 0.723. The Morgan fingerprint density at radius 3 is 2.76 bits per heavy atom. The monoisotopic (exact) mass is 316 g/mol. The van der Waals surface area contributed by atoms with Crippen molar-refractivity contribution >= 4 is 33.8 Å². The number of hydrogen-bond acceptors (Lipinski definition) is 3. The molecule has 108 valence electrons. The number of benzene rings is 1. The van der Waals surface area contributed by atoms with Gasteiger partial charge < -0.3 is 4.98 Å². The summed E-state index contributed by atoms with van der Waals surface area (Å²) in [5.41, 5.74) is 3.31. The summed E-state index contributed by atoms with van der Waals surface area (Å²) in [6.45, 7) is 6.56. The first-order chi connectivity index (χ1) is 9.97. The van der Waals surface area contributed by atoms with Gasteiger partial charge in [-0.05, 0) is 44.1 Å². The molecule has 0 spiro atoms. The number of hydrogen-bond donors (Lipinski definition) is 1. The first-order valence-corrected chi connectivity index (χ1v) is 7.98. The normalized spacial score (nSPS) is 11.2. The van der Waals surface area contributed by atoms with Crippen LogP contribution in [0, 0.1) is 25.5 Å². The van der Waals surface area contributed by atoms with E-state index < -0.39 is 0 Å². The molecule has 0 atom stereocenters. The van der Waals surface area contributed by atoms with E-state index in [-0.39, 0.29) is 5.56 Å². The van der Waals surface area contributed by atoms with Crippen LogP contribution in [0.25, 0.3) is 10.2 Å². The van der Waals surface area contributed by atoms with Gasteiger partial charge in [0.25, 0.3) is 5.56 Å². The number of rotatable bonds is 2. The van der Waals surface area contributed by atoms with Gasteiger partial charge in [-0.25, -0.2) is 0 Å². The highest BCUT2D eigenvalue weighted by Gasteiger charge is 2.12. The lowest BCUT2D eigenvalue weighted by Gasteiger charge is -2.07. The van der Waals surface area contributed by atoms with Gasteiger partial charge in [-0.3, -0.25) is 9.36 Å². The summed E-state index contributed by atoms with van der Waals surface area (Å²) in [4.78, 5) is 18.0. The van der Waals surface area contributed by atoms with Crippen LogP contribution in [-0.4, -0.2) is 9.55 Å². The number of nitrogens with zero attached hydrogens (tertiary/aromatic N) is 1. The Balaban J connectivity index is 2.21. The maximum absolute atomic E-state index is 12.8. The van der Waals surface area contributed by atoms with Crippen molar-refractivity contribution in [2.24, 2.45) is 0 Å². The molecule has 3 rings (SSSR count). The third-order valence-corrected chi connectivity index (χ3v) is 5.18. The van der Waals surface area contributed by atoms with Gasteiger partial charge in [0.2, 0.25) is 0 Å². The van der Waals surface area contributed by atoms with Crippen LogP contribution in [0.15, 0.2) is 29.1 Å². The smallest absolute Gasteiger partial charge is 0.263 e. The highest BCUT2D eigenvalue weighted by Crippen LogP contribution is 2.25. The third-order valence-electron chi connectivity index (χ3n) is 3.73. The summed E-state index contributed by atoms with van der Waals surface area (Å²) >= 11 is 6.95. The van der Waals surface area contributed by atoms with E-state index in [0.29, 0.717) is 11.3 Å². The standard InChI is InChI=1S/C16H16N2OS2/c1-9-5-4-6-12(7-9)8-18-15(19)13-10(2)11(3)21-14(13)17-16(18)20/h4-7H,8H2,1-3H3,(H,17,20). The second-order valence-electron chi connectivity index (χ2n) is 5.30. The Morgan fingerprint density at radius 1 is 1.29 bits per heavy atom. The number of thiophene rings is 1. The summed E-state index contributed by atoms with van der Waals surface area (Å²) in [5, 5.41) is 0.763. The molecule has 0 unspecified atom stereocenters. The molecular weight excluding hydrogens is 300 g/mol. The first kappa shape index (κ1) is 14.2. The van der Waals surface area contributed by atoms with E-state index in [1.807, 2.05) is 39.0 Å². The van der Waals surface area contributed by atoms with Crippen LogP contribution in [0.1, 0.15) is 21.6 Å². The van der Waals surface area contributed by atoms with E-state index in [9.17, 15) is 4.79 Å². The Bertz CT molecular complexity index is 947. The van der Waals surface area contributed by atoms with Gasteiger partial charge in [-0.15, -0.1) is 11.3 Å². The zero-order valence-electron chi connectivity index (χ0n) is 12.2. The van der Waals surface area contributed by atoms with Crippen LogP contribution in [0.2, 0.25) is 0 Å². The predicted octanol–water partition coefficient (Wildman–Crippen LogP) is 4.09. The third kappa shape index (κ3) is 2.47. The molecule has 3 aromatic rings. The molecule has 2 heterocycles. The molecule has 0 radical (unpaired) electrons. The fourth-order valence-corrected chi connectivity index (χ4v) is 3.87. The summed E-state index contributed by atoms with van der Waals surface area (Å²) in [6, 6.07) is 8.14. The molecule has 1 N–H and O–H groups in total. The molecule has 0 saturated heterocycles. The second-order valence-corrected chi connectivity index (χ2v) is 6.91. The molecule has 0 aliphatic rings. The van der Waals surface area contributed by atoms with Gasteiger partial charge in [0.05, 0.1) is 11.9 Å². The van der Waals surface area contributed by atoms with E-state index in [4.69, 9.17) is 12.2 Å². The Morgan fingerprint density at radius 2 is 2.05 bits per heavy atom. The zero-order valence-corrected chi connectivity index (χ0v) is 13.8. The topological polar surface area (TPSA) is 37.8 Å². The van der Waals surface area contributed by atoms with Crippen molar-refractivity contribution in [3.8, 4) is 0 Å². The lowest BCUT2D eigenvalue weighted by Crippen LogP contribution is -2.22. The van der Waals surface area contributed by atoms with Crippen molar-refractivity contribution < 1.29 is 0 Å². The fourth-order valence-electron chi connectivity index (χ4n) is 2.50. The van der Waals surface area contributed by atoms with E-state index in [1.165, 1.54) is 5.56 Å². The highest BCUT2D eigenvalue weighted by molar-refractivity contribution is 7.71. The minimum Gasteiger partial charge on any atom is -0.323 e. The van der Waals surface area contributed by atoms with Gasteiger partial charge >= 0.3 is 0 Å². The molecule has 0 bridgehead atoms. The molecule has 5 heteroatoms. The number of aryl methyl sites for hydroxylation is 3. The minimum absolute atomic E-state index is 0.00268. The van der Waals surface area contributed by atoms with Crippen LogP contribution in [0.4, 0.5) is 0 Å². The number of H-pyrrole nitrogens is 1. The first-order valence-electron chi connectivity index (χ1n) is 6.75. The lowest BCUT2D eigenvalue weighted by atomic mass is 10.1. The second kappa shape index (κ2) is 5.24. The van der Waals surface area contributed by atoms with Crippen molar-refractivity contribution in [2.45, 2.75) is 27.3 Å². The Kier molecular flexibility index (Phi) is 3.55. The van der Waals surface area contributed by atoms with Crippen LogP contribution in [0.5, 0.6) is 0 Å². The molecule has 2 aromatic heterocycles. The molecule has 0 amide bonds. The molecule has 0 fully saturated rings. The van der Waals surface area contributed by atoms with Crippen LogP contribution >= 0.6 is 23.6 Å². The van der Waals surface area contributed by atoms with Crippen molar-refractivity contribution in [3.05, 3.63) is 61.0 Å². The number of nitrogens with one attached hydrogen (secondary N) is 1. The van der Waals surface area contributed by atoms with Crippen molar-refractivity contribution in [3.63, 3.8) is 0 Å².